The lowest BCUT2D eigenvalue weighted by Crippen LogP contribution is -2.40. The number of hydrogen-bond donors (Lipinski definition) is 1. The molecule has 2 fully saturated rings. The van der Waals surface area contributed by atoms with Crippen LogP contribution >= 0.6 is 23.4 Å². The summed E-state index contributed by atoms with van der Waals surface area (Å²) in [7, 11) is 0. The van der Waals surface area contributed by atoms with Crippen LogP contribution in [-0.2, 0) is 0 Å². The molecule has 0 aliphatic carbocycles. The summed E-state index contributed by atoms with van der Waals surface area (Å²) in [6.45, 7) is 1.93. The first-order chi connectivity index (χ1) is 5.79. The Morgan fingerprint density at radius 1 is 1.67 bits per heavy atom. The van der Waals surface area contributed by atoms with Gasteiger partial charge in [0.2, 0.25) is 0 Å². The molecule has 0 amide bonds. The first kappa shape index (κ1) is 9.13. The highest BCUT2D eigenvalue weighted by Gasteiger charge is 2.38. The van der Waals surface area contributed by atoms with Crippen LogP contribution in [-0.4, -0.2) is 52.1 Å². The van der Waals surface area contributed by atoms with Gasteiger partial charge in [0, 0.05) is 36.0 Å². The molecular formula is C8H14ClNOS. The van der Waals surface area contributed by atoms with Crippen LogP contribution in [0.2, 0.25) is 0 Å². The van der Waals surface area contributed by atoms with Crippen LogP contribution < -0.4 is 0 Å². The standard InChI is InChI=1S/C8H14ClNOS/c9-2-7(11)3-10-4-8-1-6(10)5-12-8/h6-8,11H,1-5H2. The van der Waals surface area contributed by atoms with E-state index >= 15 is 0 Å². The second-order valence-electron chi connectivity index (χ2n) is 3.61. The van der Waals surface area contributed by atoms with E-state index in [1.807, 2.05) is 0 Å². The summed E-state index contributed by atoms with van der Waals surface area (Å²) in [5.74, 6) is 1.61. The van der Waals surface area contributed by atoms with E-state index < -0.39 is 0 Å². The Labute approximate surface area is 82.3 Å². The van der Waals surface area contributed by atoms with Gasteiger partial charge in [-0.1, -0.05) is 0 Å². The van der Waals surface area contributed by atoms with Crippen molar-refractivity contribution < 1.29 is 5.11 Å². The van der Waals surface area contributed by atoms with Gasteiger partial charge in [-0.3, -0.25) is 4.90 Å². The number of β-amino-alcohol motifs (C(OH)–C–C–N with tert-alkyl or cyclic N) is 1. The van der Waals surface area contributed by atoms with Crippen LogP contribution in [0.4, 0.5) is 0 Å². The smallest absolute Gasteiger partial charge is 0.0802 e. The minimum Gasteiger partial charge on any atom is -0.391 e. The molecule has 3 unspecified atom stereocenters. The fourth-order valence-electron chi connectivity index (χ4n) is 2.02. The van der Waals surface area contributed by atoms with Crippen LogP contribution in [0.25, 0.3) is 0 Å². The second-order valence-corrected chi connectivity index (χ2v) is 5.25. The topological polar surface area (TPSA) is 23.5 Å². The number of fused-ring (bicyclic) bond motifs is 2. The molecule has 0 aromatic heterocycles. The monoisotopic (exact) mass is 207 g/mol. The van der Waals surface area contributed by atoms with Gasteiger partial charge >= 0.3 is 0 Å². The van der Waals surface area contributed by atoms with E-state index in [0.717, 1.165) is 24.4 Å². The Kier molecular flexibility index (Phi) is 2.85. The maximum Gasteiger partial charge on any atom is 0.0802 e. The van der Waals surface area contributed by atoms with Gasteiger partial charge < -0.3 is 5.11 Å². The number of nitrogens with zero attached hydrogens (tertiary/aromatic N) is 1. The zero-order valence-electron chi connectivity index (χ0n) is 6.95. The SMILES string of the molecule is OC(CCl)CN1CC2CC1CS2. The van der Waals surface area contributed by atoms with Crippen molar-refractivity contribution in [2.24, 2.45) is 0 Å². The van der Waals surface area contributed by atoms with Gasteiger partial charge in [0.25, 0.3) is 0 Å². The van der Waals surface area contributed by atoms with Crippen molar-refractivity contribution in [3.8, 4) is 0 Å². The van der Waals surface area contributed by atoms with E-state index in [4.69, 9.17) is 11.6 Å². The molecule has 0 saturated carbocycles. The van der Waals surface area contributed by atoms with Crippen molar-refractivity contribution >= 4 is 23.4 Å². The predicted molar refractivity (Wildman–Crippen MR) is 53.0 cm³/mol. The average molecular weight is 208 g/mol. The molecule has 2 bridgehead atoms. The number of thioether (sulfide) groups is 1. The third-order valence-corrected chi connectivity index (χ3v) is 4.38. The van der Waals surface area contributed by atoms with Gasteiger partial charge in [0.15, 0.2) is 0 Å². The van der Waals surface area contributed by atoms with Gasteiger partial charge in [0.05, 0.1) is 6.10 Å². The van der Waals surface area contributed by atoms with Gasteiger partial charge in [0.1, 0.15) is 0 Å². The number of aliphatic hydroxyl groups excluding tert-OH is 1. The summed E-state index contributed by atoms with van der Waals surface area (Å²) in [6.07, 6.45) is 0.982. The van der Waals surface area contributed by atoms with Crippen molar-refractivity contribution in [3.63, 3.8) is 0 Å². The number of hydrogen-bond acceptors (Lipinski definition) is 3. The van der Waals surface area contributed by atoms with E-state index in [-0.39, 0.29) is 6.10 Å². The Balaban J connectivity index is 1.82. The van der Waals surface area contributed by atoms with Gasteiger partial charge in [-0.05, 0) is 6.42 Å². The third kappa shape index (κ3) is 1.74. The van der Waals surface area contributed by atoms with Crippen LogP contribution in [0.5, 0.6) is 0 Å². The largest absolute Gasteiger partial charge is 0.391 e. The molecule has 4 heteroatoms. The van der Waals surface area contributed by atoms with Crippen LogP contribution in [0.3, 0.4) is 0 Å². The predicted octanol–water partition coefficient (Wildman–Crippen LogP) is 0.776. The maximum absolute atomic E-state index is 9.37. The third-order valence-electron chi connectivity index (χ3n) is 2.64. The zero-order valence-corrected chi connectivity index (χ0v) is 8.52. The van der Waals surface area contributed by atoms with Gasteiger partial charge in [-0.25, -0.2) is 0 Å². The molecule has 2 heterocycles. The first-order valence-corrected chi connectivity index (χ1v) is 5.97. The maximum atomic E-state index is 9.37. The van der Waals surface area contributed by atoms with E-state index in [2.05, 4.69) is 16.7 Å². The molecule has 70 valence electrons. The quantitative estimate of drug-likeness (QED) is 0.692. The molecule has 3 atom stereocenters. The summed E-state index contributed by atoms with van der Waals surface area (Å²) in [5.41, 5.74) is 0. The van der Waals surface area contributed by atoms with Crippen molar-refractivity contribution in [1.82, 2.24) is 4.90 Å². The minimum atomic E-state index is -0.337. The van der Waals surface area contributed by atoms with Gasteiger partial charge in [-0.15, -0.1) is 11.6 Å². The van der Waals surface area contributed by atoms with Crippen LogP contribution in [0.1, 0.15) is 6.42 Å². The fraction of sp³-hybridized carbons (Fsp3) is 1.00. The molecule has 12 heavy (non-hydrogen) atoms. The number of alkyl halides is 1. The van der Waals surface area contributed by atoms with Crippen molar-refractivity contribution in [2.45, 2.75) is 23.8 Å². The van der Waals surface area contributed by atoms with Crippen molar-refractivity contribution in [2.75, 3.05) is 24.7 Å². The summed E-state index contributed by atoms with van der Waals surface area (Å²) in [6, 6.07) is 0.720. The van der Waals surface area contributed by atoms with E-state index in [9.17, 15) is 5.11 Å². The lowest BCUT2D eigenvalue weighted by atomic mass is 10.2. The molecule has 0 aromatic carbocycles. The Bertz CT molecular complexity index is 169. The van der Waals surface area contributed by atoms with E-state index in [1.165, 1.54) is 12.2 Å². The molecular weight excluding hydrogens is 194 g/mol. The number of aliphatic hydroxyl groups is 1. The number of likely N-dealkylation sites (tertiary alicyclic amines) is 1. The highest BCUT2D eigenvalue weighted by atomic mass is 35.5. The Hall–Kier alpha value is 0.560. The summed E-state index contributed by atoms with van der Waals surface area (Å²) < 4.78 is 0. The van der Waals surface area contributed by atoms with E-state index in [0.29, 0.717) is 5.88 Å². The minimum absolute atomic E-state index is 0.337. The van der Waals surface area contributed by atoms with Crippen molar-refractivity contribution in [3.05, 3.63) is 0 Å². The van der Waals surface area contributed by atoms with Crippen molar-refractivity contribution in [1.29, 1.82) is 0 Å². The molecule has 2 nitrogen and oxygen atoms in total. The summed E-state index contributed by atoms with van der Waals surface area (Å²) in [5, 5.41) is 10.2. The highest BCUT2D eigenvalue weighted by Crippen LogP contribution is 2.37. The lowest BCUT2D eigenvalue weighted by Gasteiger charge is -2.27. The highest BCUT2D eigenvalue weighted by molar-refractivity contribution is 8.00. The molecule has 2 aliphatic heterocycles. The fourth-order valence-corrected chi connectivity index (χ4v) is 3.62. The zero-order chi connectivity index (χ0) is 8.55. The Morgan fingerprint density at radius 2 is 2.50 bits per heavy atom. The average Bonchev–Trinajstić information content (AvgIpc) is 2.64. The summed E-state index contributed by atoms with van der Waals surface area (Å²) in [4.78, 5) is 2.38. The summed E-state index contributed by atoms with van der Waals surface area (Å²) >= 11 is 7.62. The molecule has 0 spiro atoms. The van der Waals surface area contributed by atoms with Gasteiger partial charge in [-0.2, -0.15) is 11.8 Å². The molecule has 1 N–H and O–H groups in total. The lowest BCUT2D eigenvalue weighted by molar-refractivity contribution is 0.126. The van der Waals surface area contributed by atoms with Crippen LogP contribution in [0.15, 0.2) is 0 Å². The number of rotatable bonds is 3. The molecule has 2 rings (SSSR count). The van der Waals surface area contributed by atoms with E-state index in [1.54, 1.807) is 0 Å². The Morgan fingerprint density at radius 3 is 3.00 bits per heavy atom. The van der Waals surface area contributed by atoms with Crippen LogP contribution in [0, 0.1) is 0 Å². The molecule has 2 saturated heterocycles. The molecule has 0 radical (unpaired) electrons. The normalized spacial score (nSPS) is 37.5. The number of halogens is 1. The molecule has 0 aromatic rings. The first-order valence-electron chi connectivity index (χ1n) is 4.39. The molecule has 2 aliphatic rings. The second kappa shape index (κ2) is 3.74.